The Bertz CT molecular complexity index is 1230. The Kier molecular flexibility index (Phi) is 5.99. The van der Waals surface area contributed by atoms with E-state index in [9.17, 15) is 14.0 Å². The Labute approximate surface area is 195 Å². The molecule has 0 atom stereocenters. The van der Waals surface area contributed by atoms with Crippen molar-refractivity contribution in [1.82, 2.24) is 25.4 Å². The zero-order chi connectivity index (χ0) is 23.8. The Morgan fingerprint density at radius 1 is 1.30 bits per heavy atom. The van der Waals surface area contributed by atoms with Crippen LogP contribution in [0, 0.1) is 5.82 Å². The topological polar surface area (TPSA) is 137 Å². The molecule has 0 radical (unpaired) electrons. The first-order chi connectivity index (χ1) is 15.6. The number of alkyl carbamates (subject to hydrolysis) is 1. The number of carbonyl (C=O) groups is 1. The predicted molar refractivity (Wildman–Crippen MR) is 117 cm³/mol. The van der Waals surface area contributed by atoms with Crippen LogP contribution in [-0.4, -0.2) is 43.8 Å². The molecule has 0 saturated heterocycles. The Balaban J connectivity index is 1.46. The second-order valence-corrected chi connectivity index (χ2v) is 9.61. The average Bonchev–Trinajstić information content (AvgIpc) is 3.13. The number of hydrogen-bond donors (Lipinski definition) is 2. The lowest BCUT2D eigenvalue weighted by molar-refractivity contribution is 0.0494. The summed E-state index contributed by atoms with van der Waals surface area (Å²) in [5, 5.41) is 17.5. The molecule has 0 unspecified atom stereocenters. The van der Waals surface area contributed by atoms with E-state index in [4.69, 9.17) is 13.9 Å². The maximum atomic E-state index is 13.6. The van der Waals surface area contributed by atoms with Crippen molar-refractivity contribution in [2.24, 2.45) is 0 Å². The molecule has 11 nitrogen and oxygen atoms in total. The summed E-state index contributed by atoms with van der Waals surface area (Å²) in [5.41, 5.74) is -0.459. The molecule has 0 aliphatic heterocycles. The van der Waals surface area contributed by atoms with E-state index < -0.39 is 23.3 Å². The van der Waals surface area contributed by atoms with Gasteiger partial charge in [-0.05, 0) is 84.5 Å². The quantitative estimate of drug-likeness (QED) is 0.474. The normalized spacial score (nSPS) is 14.7. The molecular formula is C20H22BrFN6O5. The van der Waals surface area contributed by atoms with E-state index in [1.54, 1.807) is 20.8 Å². The van der Waals surface area contributed by atoms with Crippen LogP contribution >= 0.6 is 15.9 Å². The van der Waals surface area contributed by atoms with Gasteiger partial charge in [-0.1, -0.05) is 5.16 Å². The van der Waals surface area contributed by atoms with E-state index >= 15 is 0 Å². The van der Waals surface area contributed by atoms with Crippen LogP contribution in [0.2, 0.25) is 0 Å². The lowest BCUT2D eigenvalue weighted by Gasteiger charge is -2.23. The number of carbonyl (C=O) groups excluding carboxylic acids is 1. The lowest BCUT2D eigenvalue weighted by Crippen LogP contribution is -2.41. The highest BCUT2D eigenvalue weighted by atomic mass is 79.9. The van der Waals surface area contributed by atoms with E-state index in [0.29, 0.717) is 18.7 Å². The molecule has 2 aromatic heterocycles. The lowest BCUT2D eigenvalue weighted by atomic mass is 10.2. The van der Waals surface area contributed by atoms with Crippen LogP contribution < -0.4 is 16.4 Å². The second kappa shape index (κ2) is 8.61. The fraction of sp³-hybridized carbons (Fsp3) is 0.450. The summed E-state index contributed by atoms with van der Waals surface area (Å²) in [7, 11) is 0. The molecule has 2 heterocycles. The van der Waals surface area contributed by atoms with Crippen molar-refractivity contribution >= 4 is 27.8 Å². The number of ether oxygens (including phenoxy) is 1. The van der Waals surface area contributed by atoms with Crippen molar-refractivity contribution < 1.29 is 23.1 Å². The minimum atomic E-state index is -0.782. The van der Waals surface area contributed by atoms with Gasteiger partial charge in [0, 0.05) is 12.1 Å². The SMILES string of the molecule is CC(C)(C)OC(=O)NC1(CCNc2nonc2-c2noc(=O)n2-c2ccc(F)c(Br)c2)CC1. The highest BCUT2D eigenvalue weighted by Gasteiger charge is 2.44. The minimum Gasteiger partial charge on any atom is -0.444 e. The van der Waals surface area contributed by atoms with Crippen molar-refractivity contribution in [2.75, 3.05) is 11.9 Å². The molecule has 2 N–H and O–H groups in total. The van der Waals surface area contributed by atoms with Crippen LogP contribution in [0.4, 0.5) is 15.0 Å². The second-order valence-electron chi connectivity index (χ2n) is 8.75. The van der Waals surface area contributed by atoms with Crippen molar-refractivity contribution in [3.8, 4) is 17.2 Å². The van der Waals surface area contributed by atoms with E-state index in [1.165, 1.54) is 18.2 Å². The van der Waals surface area contributed by atoms with E-state index in [2.05, 4.69) is 42.0 Å². The van der Waals surface area contributed by atoms with Crippen molar-refractivity contribution in [2.45, 2.75) is 51.2 Å². The third-order valence-electron chi connectivity index (χ3n) is 4.98. The number of anilines is 1. The Hall–Kier alpha value is -3.22. The van der Waals surface area contributed by atoms with Gasteiger partial charge < -0.3 is 15.4 Å². The molecule has 0 spiro atoms. The summed E-state index contributed by atoms with van der Waals surface area (Å²) in [6.07, 6.45) is 1.82. The first-order valence-corrected chi connectivity index (χ1v) is 11.0. The van der Waals surface area contributed by atoms with Crippen LogP contribution in [0.3, 0.4) is 0 Å². The third kappa shape index (κ3) is 5.24. The number of amides is 1. The molecule has 33 heavy (non-hydrogen) atoms. The summed E-state index contributed by atoms with van der Waals surface area (Å²) in [6, 6.07) is 4.02. The van der Waals surface area contributed by atoms with E-state index in [-0.39, 0.29) is 27.3 Å². The molecule has 4 rings (SSSR count). The van der Waals surface area contributed by atoms with Gasteiger partial charge >= 0.3 is 11.8 Å². The number of aromatic nitrogens is 4. The van der Waals surface area contributed by atoms with Gasteiger partial charge in [-0.3, -0.25) is 4.52 Å². The average molecular weight is 525 g/mol. The van der Waals surface area contributed by atoms with Gasteiger partial charge in [0.25, 0.3) is 0 Å². The number of halogens is 2. The first kappa shape index (κ1) is 23.0. The summed E-state index contributed by atoms with van der Waals surface area (Å²) in [6.45, 7) is 5.85. The number of hydrogen-bond acceptors (Lipinski definition) is 9. The maximum absolute atomic E-state index is 13.6. The van der Waals surface area contributed by atoms with Gasteiger partial charge in [0.05, 0.1) is 10.2 Å². The van der Waals surface area contributed by atoms with Gasteiger partial charge in [-0.25, -0.2) is 23.2 Å². The van der Waals surface area contributed by atoms with Crippen LogP contribution in [0.1, 0.15) is 40.0 Å². The maximum Gasteiger partial charge on any atom is 0.446 e. The molecule has 13 heteroatoms. The molecule has 1 aliphatic rings. The monoisotopic (exact) mass is 524 g/mol. The number of nitrogens with zero attached hydrogens (tertiary/aromatic N) is 4. The summed E-state index contributed by atoms with van der Waals surface area (Å²) in [5.74, 6) is -0.984. The van der Waals surface area contributed by atoms with Crippen LogP contribution in [0.15, 0.2) is 36.6 Å². The van der Waals surface area contributed by atoms with Crippen LogP contribution in [0.5, 0.6) is 0 Å². The molecule has 1 amide bonds. The highest BCUT2D eigenvalue weighted by molar-refractivity contribution is 9.10. The molecule has 1 fully saturated rings. The van der Waals surface area contributed by atoms with E-state index in [0.717, 1.165) is 17.4 Å². The minimum absolute atomic E-state index is 0.0373. The number of nitrogens with one attached hydrogen (secondary N) is 2. The van der Waals surface area contributed by atoms with Gasteiger partial charge in [0.2, 0.25) is 11.6 Å². The molecule has 1 aliphatic carbocycles. The third-order valence-corrected chi connectivity index (χ3v) is 5.59. The van der Waals surface area contributed by atoms with Gasteiger partial charge in [-0.15, -0.1) is 0 Å². The summed E-state index contributed by atoms with van der Waals surface area (Å²) >= 11 is 3.10. The predicted octanol–water partition coefficient (Wildman–Crippen LogP) is 3.64. The standard InChI is InChI=1S/C20H22BrFN6O5/c1-19(2,3)31-17(29)24-20(6-7-20)8-9-23-15-14(25-33-26-15)16-27-32-18(30)28(16)11-4-5-13(22)12(21)10-11/h4-5,10H,6-9H2,1-3H3,(H,23,26)(H,24,29). The largest absolute Gasteiger partial charge is 0.446 e. The van der Waals surface area contributed by atoms with E-state index in [1.807, 2.05) is 0 Å². The van der Waals surface area contributed by atoms with Gasteiger partial charge in [-0.2, -0.15) is 0 Å². The molecule has 0 bridgehead atoms. The molecule has 176 valence electrons. The Morgan fingerprint density at radius 3 is 2.73 bits per heavy atom. The van der Waals surface area contributed by atoms with Crippen LogP contribution in [-0.2, 0) is 4.74 Å². The van der Waals surface area contributed by atoms with Gasteiger partial charge in [0.15, 0.2) is 5.69 Å². The molecule has 1 saturated carbocycles. The fourth-order valence-electron chi connectivity index (χ4n) is 3.23. The number of rotatable bonds is 7. The van der Waals surface area contributed by atoms with Crippen LogP contribution in [0.25, 0.3) is 17.2 Å². The zero-order valence-corrected chi connectivity index (χ0v) is 19.7. The first-order valence-electron chi connectivity index (χ1n) is 10.2. The van der Waals surface area contributed by atoms with Gasteiger partial charge in [0.1, 0.15) is 11.4 Å². The zero-order valence-electron chi connectivity index (χ0n) is 18.1. The van der Waals surface area contributed by atoms with Crippen molar-refractivity contribution in [3.05, 3.63) is 39.0 Å². The molecule has 3 aromatic rings. The summed E-state index contributed by atoms with van der Waals surface area (Å²) in [4.78, 5) is 24.4. The number of benzene rings is 1. The fourth-order valence-corrected chi connectivity index (χ4v) is 3.60. The summed E-state index contributed by atoms with van der Waals surface area (Å²) < 4.78 is 29.9. The molecular weight excluding hydrogens is 503 g/mol. The smallest absolute Gasteiger partial charge is 0.444 e. The highest BCUT2D eigenvalue weighted by Crippen LogP contribution is 2.39. The van der Waals surface area contributed by atoms with Crippen molar-refractivity contribution in [3.63, 3.8) is 0 Å². The Morgan fingerprint density at radius 2 is 2.06 bits per heavy atom. The molecule has 1 aromatic carbocycles. The van der Waals surface area contributed by atoms with Crippen molar-refractivity contribution in [1.29, 1.82) is 0 Å².